The summed E-state index contributed by atoms with van der Waals surface area (Å²) in [5.41, 5.74) is 5.95. The van der Waals surface area contributed by atoms with E-state index in [0.29, 0.717) is 5.92 Å². The second-order valence-electron chi connectivity index (χ2n) is 3.41. The van der Waals surface area contributed by atoms with Gasteiger partial charge < -0.3 is 10.6 Å². The fraction of sp³-hybridized carbons (Fsp3) is 0.875. The number of halogens is 1. The first-order chi connectivity index (χ1) is 5.63. The van der Waals surface area contributed by atoms with Crippen molar-refractivity contribution in [1.82, 2.24) is 4.90 Å². The van der Waals surface area contributed by atoms with Crippen LogP contribution in [0.25, 0.3) is 0 Å². The van der Waals surface area contributed by atoms with Crippen LogP contribution >= 0.6 is 36.4 Å². The lowest BCUT2D eigenvalue weighted by molar-refractivity contribution is 0.491. The molecule has 0 spiro atoms. The standard InChI is InChI=1S/C8H16N2S2.ClH/c1-6(2)7(9)8(11)10-3-4-12-5-10;/h6-7H,3-5,9H2,1-2H3;1H/t7-;/m0./s1. The summed E-state index contributed by atoms with van der Waals surface area (Å²) in [6.07, 6.45) is 0. The third kappa shape index (κ3) is 3.62. The van der Waals surface area contributed by atoms with Crippen molar-refractivity contribution < 1.29 is 0 Å². The van der Waals surface area contributed by atoms with Gasteiger partial charge in [-0.15, -0.1) is 24.2 Å². The van der Waals surface area contributed by atoms with Gasteiger partial charge in [0.2, 0.25) is 0 Å². The monoisotopic (exact) mass is 240 g/mol. The summed E-state index contributed by atoms with van der Waals surface area (Å²) in [5.74, 6) is 2.66. The van der Waals surface area contributed by atoms with E-state index in [1.807, 2.05) is 11.8 Å². The minimum absolute atomic E-state index is 0. The highest BCUT2D eigenvalue weighted by Gasteiger charge is 2.21. The molecular formula is C8H17ClN2S2. The summed E-state index contributed by atoms with van der Waals surface area (Å²) in [6.45, 7) is 5.30. The van der Waals surface area contributed by atoms with Gasteiger partial charge in [0, 0.05) is 12.3 Å². The number of nitrogens with two attached hydrogens (primary N) is 1. The molecule has 13 heavy (non-hydrogen) atoms. The van der Waals surface area contributed by atoms with Crippen LogP contribution in [0.5, 0.6) is 0 Å². The van der Waals surface area contributed by atoms with Crippen molar-refractivity contribution in [3.63, 3.8) is 0 Å². The Bertz CT molecular complexity index is 166. The molecule has 2 N–H and O–H groups in total. The van der Waals surface area contributed by atoms with Gasteiger partial charge in [0.15, 0.2) is 0 Å². The molecule has 5 heteroatoms. The number of rotatable bonds is 2. The van der Waals surface area contributed by atoms with Crippen molar-refractivity contribution in [2.24, 2.45) is 11.7 Å². The molecule has 1 fully saturated rings. The van der Waals surface area contributed by atoms with Crippen LogP contribution in [0.4, 0.5) is 0 Å². The van der Waals surface area contributed by atoms with E-state index in [1.165, 1.54) is 5.75 Å². The van der Waals surface area contributed by atoms with Crippen LogP contribution < -0.4 is 5.73 Å². The predicted octanol–water partition coefficient (Wildman–Crippen LogP) is 1.73. The summed E-state index contributed by atoms with van der Waals surface area (Å²) in [5, 5.41) is 0. The van der Waals surface area contributed by atoms with Crippen LogP contribution in [0.15, 0.2) is 0 Å². The Labute approximate surface area is 96.0 Å². The van der Waals surface area contributed by atoms with Gasteiger partial charge in [-0.25, -0.2) is 0 Å². The molecule has 1 heterocycles. The SMILES string of the molecule is CC(C)[C@H](N)C(=S)N1CCSC1.Cl. The van der Waals surface area contributed by atoms with Gasteiger partial charge in [0.1, 0.15) is 0 Å². The van der Waals surface area contributed by atoms with Crippen LogP contribution in [0.1, 0.15) is 13.8 Å². The van der Waals surface area contributed by atoms with E-state index in [1.54, 1.807) is 0 Å². The molecule has 0 saturated carbocycles. The van der Waals surface area contributed by atoms with Gasteiger partial charge in [0.25, 0.3) is 0 Å². The van der Waals surface area contributed by atoms with Crippen LogP contribution in [0.3, 0.4) is 0 Å². The van der Waals surface area contributed by atoms with E-state index in [9.17, 15) is 0 Å². The summed E-state index contributed by atoms with van der Waals surface area (Å²) in [4.78, 5) is 3.15. The number of hydrogen-bond acceptors (Lipinski definition) is 3. The Morgan fingerprint density at radius 2 is 2.15 bits per heavy atom. The molecule has 1 saturated heterocycles. The van der Waals surface area contributed by atoms with Crippen molar-refractivity contribution in [2.75, 3.05) is 18.2 Å². The van der Waals surface area contributed by atoms with Crippen molar-refractivity contribution in [3.8, 4) is 0 Å². The van der Waals surface area contributed by atoms with E-state index < -0.39 is 0 Å². The smallest absolute Gasteiger partial charge is 0.0959 e. The molecule has 0 aromatic carbocycles. The van der Waals surface area contributed by atoms with E-state index in [-0.39, 0.29) is 18.4 Å². The minimum atomic E-state index is 0. The molecule has 1 aliphatic rings. The molecule has 1 aliphatic heterocycles. The van der Waals surface area contributed by atoms with E-state index in [4.69, 9.17) is 18.0 Å². The van der Waals surface area contributed by atoms with Crippen molar-refractivity contribution in [2.45, 2.75) is 19.9 Å². The molecule has 2 nitrogen and oxygen atoms in total. The Kier molecular flexibility index (Phi) is 6.29. The highest BCUT2D eigenvalue weighted by Crippen LogP contribution is 2.16. The average Bonchev–Trinajstić information content (AvgIpc) is 2.53. The zero-order chi connectivity index (χ0) is 9.14. The lowest BCUT2D eigenvalue weighted by atomic mass is 10.1. The number of nitrogens with zero attached hydrogens (tertiary/aromatic N) is 1. The highest BCUT2D eigenvalue weighted by atomic mass is 35.5. The second-order valence-corrected chi connectivity index (χ2v) is 4.90. The van der Waals surface area contributed by atoms with Gasteiger partial charge in [-0.2, -0.15) is 0 Å². The lowest BCUT2D eigenvalue weighted by Crippen LogP contribution is -2.44. The third-order valence-electron chi connectivity index (χ3n) is 2.07. The minimum Gasteiger partial charge on any atom is -0.355 e. The van der Waals surface area contributed by atoms with Crippen LogP contribution in [0, 0.1) is 5.92 Å². The first-order valence-corrected chi connectivity index (χ1v) is 5.81. The van der Waals surface area contributed by atoms with Gasteiger partial charge in [-0.1, -0.05) is 26.1 Å². The molecule has 0 aliphatic carbocycles. The van der Waals surface area contributed by atoms with Gasteiger partial charge in [-0.05, 0) is 5.92 Å². The Morgan fingerprint density at radius 3 is 2.54 bits per heavy atom. The molecule has 0 aromatic heterocycles. The molecule has 1 rings (SSSR count). The normalized spacial score (nSPS) is 18.6. The lowest BCUT2D eigenvalue weighted by Gasteiger charge is -2.25. The number of thioether (sulfide) groups is 1. The summed E-state index contributed by atoms with van der Waals surface area (Å²) >= 11 is 7.22. The summed E-state index contributed by atoms with van der Waals surface area (Å²) in [7, 11) is 0. The second kappa shape index (κ2) is 6.06. The maximum absolute atomic E-state index is 5.95. The fourth-order valence-corrected chi connectivity index (χ4v) is 2.56. The van der Waals surface area contributed by atoms with E-state index >= 15 is 0 Å². The van der Waals surface area contributed by atoms with Crippen molar-refractivity contribution >= 4 is 41.4 Å². The Balaban J connectivity index is 0.00000144. The maximum Gasteiger partial charge on any atom is 0.0959 e. The van der Waals surface area contributed by atoms with E-state index in [2.05, 4.69) is 18.7 Å². The summed E-state index contributed by atoms with van der Waals surface area (Å²) < 4.78 is 0. The number of hydrogen-bond donors (Lipinski definition) is 1. The zero-order valence-electron chi connectivity index (χ0n) is 8.03. The molecule has 0 aromatic rings. The summed E-state index contributed by atoms with van der Waals surface area (Å²) in [6, 6.07) is 0.0544. The van der Waals surface area contributed by atoms with Crippen molar-refractivity contribution in [3.05, 3.63) is 0 Å². The first kappa shape index (κ1) is 13.5. The maximum atomic E-state index is 5.95. The Hall–Kier alpha value is 0.490. The fourth-order valence-electron chi connectivity index (χ4n) is 1.08. The quantitative estimate of drug-likeness (QED) is 0.745. The number of thiocarbonyl (C=S) groups is 1. The predicted molar refractivity (Wildman–Crippen MR) is 66.7 cm³/mol. The van der Waals surface area contributed by atoms with Crippen LogP contribution in [-0.4, -0.2) is 34.1 Å². The van der Waals surface area contributed by atoms with Gasteiger partial charge in [-0.3, -0.25) is 0 Å². The van der Waals surface area contributed by atoms with Crippen LogP contribution in [0.2, 0.25) is 0 Å². The molecule has 0 radical (unpaired) electrons. The van der Waals surface area contributed by atoms with Crippen LogP contribution in [-0.2, 0) is 0 Å². The third-order valence-corrected chi connectivity index (χ3v) is 3.56. The molecule has 1 atom stereocenters. The molecule has 0 amide bonds. The molecule has 78 valence electrons. The Morgan fingerprint density at radius 1 is 1.54 bits per heavy atom. The largest absolute Gasteiger partial charge is 0.355 e. The zero-order valence-corrected chi connectivity index (χ0v) is 10.5. The first-order valence-electron chi connectivity index (χ1n) is 4.25. The van der Waals surface area contributed by atoms with Crippen molar-refractivity contribution in [1.29, 1.82) is 0 Å². The molecular weight excluding hydrogens is 224 g/mol. The highest BCUT2D eigenvalue weighted by molar-refractivity contribution is 7.99. The topological polar surface area (TPSA) is 29.3 Å². The molecule has 0 bridgehead atoms. The molecule has 0 unspecified atom stereocenters. The van der Waals surface area contributed by atoms with Gasteiger partial charge in [0.05, 0.1) is 16.9 Å². The van der Waals surface area contributed by atoms with Gasteiger partial charge >= 0.3 is 0 Å². The van der Waals surface area contributed by atoms with E-state index in [0.717, 1.165) is 17.4 Å². The average molecular weight is 241 g/mol.